The van der Waals surface area contributed by atoms with Crippen molar-refractivity contribution in [2.24, 2.45) is 0 Å². The van der Waals surface area contributed by atoms with Gasteiger partial charge in [0.25, 0.3) is 11.8 Å². The molecule has 0 saturated heterocycles. The fraction of sp³-hybridized carbons (Fsp3) is 0.120. The quantitative estimate of drug-likeness (QED) is 0.359. The molecule has 3 aromatic rings. The second-order valence-corrected chi connectivity index (χ2v) is 8.21. The van der Waals surface area contributed by atoms with E-state index in [0.717, 1.165) is 5.56 Å². The first-order chi connectivity index (χ1) is 15.4. The van der Waals surface area contributed by atoms with Crippen LogP contribution in [0.15, 0.2) is 72.9 Å². The van der Waals surface area contributed by atoms with Crippen molar-refractivity contribution in [2.75, 3.05) is 19.1 Å². The number of hydrogen-bond donors (Lipinski definition) is 0. The number of rotatable bonds is 5. The van der Waals surface area contributed by atoms with Crippen molar-refractivity contribution < 1.29 is 14.3 Å². The van der Waals surface area contributed by atoms with Crippen molar-refractivity contribution in [1.82, 2.24) is 4.90 Å². The summed E-state index contributed by atoms with van der Waals surface area (Å²) in [6.07, 6.45) is 1.76. The average molecular weight is 467 g/mol. The van der Waals surface area contributed by atoms with Gasteiger partial charge in [0.15, 0.2) is 0 Å². The zero-order valence-corrected chi connectivity index (χ0v) is 19.0. The molecular weight excluding hydrogens is 447 g/mol. The van der Waals surface area contributed by atoms with Gasteiger partial charge in [-0.25, -0.2) is 4.90 Å². The molecule has 0 unspecified atom stereocenters. The van der Waals surface area contributed by atoms with Crippen LogP contribution in [0.1, 0.15) is 21.5 Å². The van der Waals surface area contributed by atoms with E-state index in [2.05, 4.69) is 0 Å². The summed E-state index contributed by atoms with van der Waals surface area (Å²) in [7, 11) is 3.42. The zero-order valence-electron chi connectivity index (χ0n) is 17.5. The molecule has 0 aromatic heterocycles. The van der Waals surface area contributed by atoms with E-state index in [1.807, 2.05) is 24.1 Å². The molecule has 0 fully saturated rings. The lowest BCUT2D eigenvalue weighted by Crippen LogP contribution is -2.42. The molecule has 0 spiro atoms. The number of ether oxygens (including phenoxy) is 1. The van der Waals surface area contributed by atoms with E-state index < -0.39 is 0 Å². The number of benzene rings is 3. The Balaban J connectivity index is 1.72. The van der Waals surface area contributed by atoms with Gasteiger partial charge in [0.1, 0.15) is 5.75 Å². The van der Waals surface area contributed by atoms with Crippen LogP contribution in [0.5, 0.6) is 5.75 Å². The fourth-order valence-corrected chi connectivity index (χ4v) is 3.96. The van der Waals surface area contributed by atoms with Gasteiger partial charge < -0.3 is 9.64 Å². The average Bonchev–Trinajstić information content (AvgIpc) is 2.79. The summed E-state index contributed by atoms with van der Waals surface area (Å²) in [5.41, 5.74) is 2.93. The predicted molar refractivity (Wildman–Crippen MR) is 127 cm³/mol. The van der Waals surface area contributed by atoms with E-state index in [4.69, 9.17) is 27.9 Å². The first kappa shape index (κ1) is 21.9. The van der Waals surface area contributed by atoms with Gasteiger partial charge in [0, 0.05) is 30.9 Å². The number of methoxy groups -OCH3 is 1. The van der Waals surface area contributed by atoms with Gasteiger partial charge in [-0.05, 0) is 48.0 Å². The Labute approximate surface area is 196 Å². The number of fused-ring (bicyclic) bond motifs is 1. The van der Waals surface area contributed by atoms with Gasteiger partial charge in [0.05, 0.1) is 28.4 Å². The molecule has 1 aliphatic rings. The number of imide groups is 1. The molecule has 1 heterocycles. The largest absolute Gasteiger partial charge is 0.497 e. The minimum absolute atomic E-state index is 0.361. The van der Waals surface area contributed by atoms with Crippen LogP contribution in [-0.2, 0) is 11.3 Å². The van der Waals surface area contributed by atoms with Crippen molar-refractivity contribution in [2.45, 2.75) is 6.54 Å². The molecule has 0 radical (unpaired) electrons. The Morgan fingerprint density at radius 3 is 2.25 bits per heavy atom. The number of nitrogens with zero attached hydrogens (tertiary/aromatic N) is 2. The SMILES string of the molecule is COc1ccc(N2C(=O)C(=CN(C)Cc3ccc(Cl)c(Cl)c3)c3ccccc3C2=O)cc1. The van der Waals surface area contributed by atoms with Gasteiger partial charge in [-0.2, -0.15) is 0 Å². The summed E-state index contributed by atoms with van der Waals surface area (Å²) >= 11 is 12.1. The highest BCUT2D eigenvalue weighted by Gasteiger charge is 2.36. The highest BCUT2D eigenvalue weighted by atomic mass is 35.5. The molecule has 2 amide bonds. The second kappa shape index (κ2) is 9.07. The van der Waals surface area contributed by atoms with E-state index in [0.29, 0.717) is 44.7 Å². The maximum atomic E-state index is 13.5. The van der Waals surface area contributed by atoms with Gasteiger partial charge in [-0.1, -0.05) is 47.5 Å². The minimum atomic E-state index is -0.389. The Bertz CT molecular complexity index is 1220. The van der Waals surface area contributed by atoms with Crippen molar-refractivity contribution in [3.63, 3.8) is 0 Å². The van der Waals surface area contributed by atoms with E-state index in [1.54, 1.807) is 67.9 Å². The molecule has 0 saturated carbocycles. The molecule has 32 heavy (non-hydrogen) atoms. The maximum absolute atomic E-state index is 13.5. The lowest BCUT2D eigenvalue weighted by atomic mass is 9.93. The third kappa shape index (κ3) is 4.22. The van der Waals surface area contributed by atoms with E-state index in [-0.39, 0.29) is 11.8 Å². The number of halogens is 2. The number of carbonyl (C=O) groups excluding carboxylic acids is 2. The van der Waals surface area contributed by atoms with Crippen molar-refractivity contribution >= 4 is 46.3 Å². The highest BCUT2D eigenvalue weighted by Crippen LogP contribution is 2.33. The van der Waals surface area contributed by atoms with Crippen molar-refractivity contribution in [3.05, 3.63) is 99.7 Å². The Kier molecular flexibility index (Phi) is 6.21. The minimum Gasteiger partial charge on any atom is -0.497 e. The number of carbonyl (C=O) groups is 2. The molecule has 162 valence electrons. The van der Waals surface area contributed by atoms with E-state index in [1.165, 1.54) is 4.90 Å². The van der Waals surface area contributed by atoms with E-state index >= 15 is 0 Å². The fourth-order valence-electron chi connectivity index (χ4n) is 3.64. The maximum Gasteiger partial charge on any atom is 0.267 e. The van der Waals surface area contributed by atoms with Gasteiger partial charge in [0.2, 0.25) is 0 Å². The van der Waals surface area contributed by atoms with Crippen LogP contribution in [0, 0.1) is 0 Å². The van der Waals surface area contributed by atoms with Gasteiger partial charge in [-0.15, -0.1) is 0 Å². The molecule has 4 rings (SSSR count). The summed E-state index contributed by atoms with van der Waals surface area (Å²) < 4.78 is 5.19. The Morgan fingerprint density at radius 1 is 0.906 bits per heavy atom. The van der Waals surface area contributed by atoms with Crippen LogP contribution < -0.4 is 9.64 Å². The number of hydrogen-bond acceptors (Lipinski definition) is 4. The summed E-state index contributed by atoms with van der Waals surface area (Å²) in [5.74, 6) is -0.108. The molecule has 0 bridgehead atoms. The molecule has 3 aromatic carbocycles. The molecular formula is C25H20Cl2N2O3. The third-order valence-electron chi connectivity index (χ3n) is 5.18. The molecule has 1 aliphatic heterocycles. The normalized spacial score (nSPS) is 14.5. The van der Waals surface area contributed by atoms with Crippen LogP contribution in [0.4, 0.5) is 5.69 Å². The number of amides is 2. The van der Waals surface area contributed by atoms with Crippen LogP contribution in [0.3, 0.4) is 0 Å². The lowest BCUT2D eigenvalue weighted by Gasteiger charge is -2.29. The summed E-state index contributed by atoms with van der Waals surface area (Å²) in [6.45, 7) is 0.506. The van der Waals surface area contributed by atoms with Crippen LogP contribution >= 0.6 is 23.2 Å². The zero-order chi connectivity index (χ0) is 22.8. The molecule has 0 aliphatic carbocycles. The van der Waals surface area contributed by atoms with Gasteiger partial charge >= 0.3 is 0 Å². The van der Waals surface area contributed by atoms with Crippen LogP contribution in [0.2, 0.25) is 10.0 Å². The van der Waals surface area contributed by atoms with Crippen LogP contribution in [0.25, 0.3) is 5.57 Å². The molecule has 5 nitrogen and oxygen atoms in total. The Morgan fingerprint density at radius 2 is 1.59 bits per heavy atom. The number of anilines is 1. The first-order valence-electron chi connectivity index (χ1n) is 9.87. The first-order valence-corrected chi connectivity index (χ1v) is 10.6. The summed E-state index contributed by atoms with van der Waals surface area (Å²) in [5, 5.41) is 0.960. The third-order valence-corrected chi connectivity index (χ3v) is 5.92. The second-order valence-electron chi connectivity index (χ2n) is 7.40. The molecule has 0 N–H and O–H groups in total. The standard InChI is InChI=1S/C25H20Cl2N2O3/c1-28(14-16-7-12-22(26)23(27)13-16)15-21-19-5-3-4-6-20(19)24(30)29(25(21)31)17-8-10-18(32-2)11-9-17/h3-13,15H,14H2,1-2H3. The van der Waals surface area contributed by atoms with Crippen LogP contribution in [-0.4, -0.2) is 30.9 Å². The van der Waals surface area contributed by atoms with Crippen molar-refractivity contribution in [3.8, 4) is 5.75 Å². The lowest BCUT2D eigenvalue weighted by molar-refractivity contribution is -0.112. The summed E-state index contributed by atoms with van der Waals surface area (Å²) in [4.78, 5) is 29.7. The summed E-state index contributed by atoms with van der Waals surface area (Å²) in [6, 6.07) is 19.4. The van der Waals surface area contributed by atoms with Gasteiger partial charge in [-0.3, -0.25) is 9.59 Å². The predicted octanol–water partition coefficient (Wildman–Crippen LogP) is 5.66. The highest BCUT2D eigenvalue weighted by molar-refractivity contribution is 6.42. The Hall–Kier alpha value is -3.28. The van der Waals surface area contributed by atoms with E-state index in [9.17, 15) is 9.59 Å². The molecule has 7 heteroatoms. The topological polar surface area (TPSA) is 49.9 Å². The monoisotopic (exact) mass is 466 g/mol. The molecule has 0 atom stereocenters. The van der Waals surface area contributed by atoms with Crippen molar-refractivity contribution in [1.29, 1.82) is 0 Å². The smallest absolute Gasteiger partial charge is 0.267 e.